The molecule has 1 heterocycles. The van der Waals surface area contributed by atoms with Crippen molar-refractivity contribution in [3.8, 4) is 0 Å². The first kappa shape index (κ1) is 15.4. The molecule has 1 aromatic heterocycles. The Bertz CT molecular complexity index is 631. The van der Waals surface area contributed by atoms with Crippen LogP contribution >= 0.6 is 0 Å². The van der Waals surface area contributed by atoms with Gasteiger partial charge in [0.25, 0.3) is 0 Å². The maximum absolute atomic E-state index is 13.1. The summed E-state index contributed by atoms with van der Waals surface area (Å²) in [7, 11) is 0. The third kappa shape index (κ3) is 3.56. The van der Waals surface area contributed by atoms with E-state index in [2.05, 4.69) is 4.98 Å². The molecule has 0 bridgehead atoms. The van der Waals surface area contributed by atoms with Crippen LogP contribution in [0.2, 0.25) is 0 Å². The van der Waals surface area contributed by atoms with E-state index in [0.717, 1.165) is 0 Å². The van der Waals surface area contributed by atoms with Crippen LogP contribution in [0, 0.1) is 0 Å². The second-order valence-electron chi connectivity index (χ2n) is 4.68. The summed E-state index contributed by atoms with van der Waals surface area (Å²) < 4.78 is 44.0. The van der Waals surface area contributed by atoms with Gasteiger partial charge in [0.15, 0.2) is 0 Å². The van der Waals surface area contributed by atoms with E-state index < -0.39 is 11.9 Å². The van der Waals surface area contributed by atoms with Crippen LogP contribution in [-0.2, 0) is 22.1 Å². The first-order valence-electron chi connectivity index (χ1n) is 6.76. The number of hydrogen-bond acceptors (Lipinski definition) is 2. The van der Waals surface area contributed by atoms with Crippen molar-refractivity contribution in [1.29, 1.82) is 0 Å². The molecule has 1 N–H and O–H groups in total. The van der Waals surface area contributed by atoms with Gasteiger partial charge in [-0.05, 0) is 31.4 Å². The van der Waals surface area contributed by atoms with Crippen LogP contribution in [0.15, 0.2) is 24.3 Å². The minimum Gasteiger partial charge on any atom is -0.466 e. The van der Waals surface area contributed by atoms with Gasteiger partial charge in [-0.25, -0.2) is 0 Å². The summed E-state index contributed by atoms with van der Waals surface area (Å²) in [5, 5.41) is 0.550. The van der Waals surface area contributed by atoms with E-state index in [-0.39, 0.29) is 31.0 Å². The highest BCUT2D eigenvalue weighted by Gasteiger charge is 2.36. The first-order valence-corrected chi connectivity index (χ1v) is 6.76. The number of aryl methyl sites for hydroxylation is 1. The lowest BCUT2D eigenvalue weighted by Gasteiger charge is -2.08. The van der Waals surface area contributed by atoms with E-state index >= 15 is 0 Å². The fraction of sp³-hybridized carbons (Fsp3) is 0.400. The van der Waals surface area contributed by atoms with Gasteiger partial charge in [-0.1, -0.05) is 18.2 Å². The molecule has 114 valence electrons. The van der Waals surface area contributed by atoms with Crippen molar-refractivity contribution >= 4 is 16.9 Å². The zero-order chi connectivity index (χ0) is 15.5. The molecule has 0 amide bonds. The largest absolute Gasteiger partial charge is 0.466 e. The maximum atomic E-state index is 13.1. The monoisotopic (exact) mass is 299 g/mol. The van der Waals surface area contributed by atoms with E-state index in [1.165, 1.54) is 0 Å². The molecule has 6 heteroatoms. The third-order valence-electron chi connectivity index (χ3n) is 3.21. The van der Waals surface area contributed by atoms with Crippen molar-refractivity contribution in [2.75, 3.05) is 6.61 Å². The SMILES string of the molecule is CCOC(=O)CCCc1c(C(F)(F)F)[nH]c2ccccc12. The molecule has 2 aromatic rings. The molecule has 0 aliphatic heterocycles. The van der Waals surface area contributed by atoms with Gasteiger partial charge in [-0.15, -0.1) is 0 Å². The number of aromatic amines is 1. The van der Waals surface area contributed by atoms with Crippen LogP contribution < -0.4 is 0 Å². The molecule has 0 aliphatic carbocycles. The van der Waals surface area contributed by atoms with Crippen LogP contribution in [0.3, 0.4) is 0 Å². The number of nitrogens with one attached hydrogen (secondary N) is 1. The lowest BCUT2D eigenvalue weighted by atomic mass is 10.0. The molecule has 0 fully saturated rings. The van der Waals surface area contributed by atoms with E-state index in [1.54, 1.807) is 31.2 Å². The number of carbonyl (C=O) groups excluding carboxylic acids is 1. The molecule has 1 aromatic carbocycles. The van der Waals surface area contributed by atoms with Crippen molar-refractivity contribution in [1.82, 2.24) is 4.98 Å². The van der Waals surface area contributed by atoms with E-state index in [1.807, 2.05) is 0 Å². The molecule has 0 saturated heterocycles. The highest BCUT2D eigenvalue weighted by molar-refractivity contribution is 5.85. The Morgan fingerprint density at radius 2 is 2.00 bits per heavy atom. The zero-order valence-electron chi connectivity index (χ0n) is 11.6. The van der Waals surface area contributed by atoms with Gasteiger partial charge in [-0.2, -0.15) is 13.2 Å². The second kappa shape index (κ2) is 6.20. The Hall–Kier alpha value is -1.98. The number of aromatic nitrogens is 1. The molecule has 3 nitrogen and oxygen atoms in total. The van der Waals surface area contributed by atoms with Crippen LogP contribution in [0.25, 0.3) is 10.9 Å². The molecule has 0 spiro atoms. The number of halogens is 3. The van der Waals surface area contributed by atoms with E-state index in [9.17, 15) is 18.0 Å². The molecular formula is C15H16F3NO2. The summed E-state index contributed by atoms with van der Waals surface area (Å²) in [5.41, 5.74) is -0.0640. The van der Waals surface area contributed by atoms with Gasteiger partial charge in [0.1, 0.15) is 5.69 Å². The summed E-state index contributed by atoms with van der Waals surface area (Å²) >= 11 is 0. The van der Waals surface area contributed by atoms with Crippen molar-refractivity contribution < 1.29 is 22.7 Å². The summed E-state index contributed by atoms with van der Waals surface area (Å²) in [6.45, 7) is 1.97. The number of rotatable bonds is 5. The van der Waals surface area contributed by atoms with Gasteiger partial charge in [-0.3, -0.25) is 4.79 Å². The Kier molecular flexibility index (Phi) is 4.55. The Morgan fingerprint density at radius 1 is 1.29 bits per heavy atom. The number of hydrogen-bond donors (Lipinski definition) is 1. The van der Waals surface area contributed by atoms with Gasteiger partial charge < -0.3 is 9.72 Å². The number of ether oxygens (including phenoxy) is 1. The lowest BCUT2D eigenvalue weighted by molar-refractivity contribution is -0.143. The number of para-hydroxylation sites is 1. The lowest BCUT2D eigenvalue weighted by Crippen LogP contribution is -2.10. The topological polar surface area (TPSA) is 42.1 Å². The van der Waals surface area contributed by atoms with Crippen molar-refractivity contribution in [3.05, 3.63) is 35.5 Å². The summed E-state index contributed by atoms with van der Waals surface area (Å²) in [5.74, 6) is -0.383. The van der Waals surface area contributed by atoms with Gasteiger partial charge in [0.05, 0.1) is 6.61 Å². The van der Waals surface area contributed by atoms with E-state index in [4.69, 9.17) is 4.74 Å². The van der Waals surface area contributed by atoms with Gasteiger partial charge >= 0.3 is 12.1 Å². The van der Waals surface area contributed by atoms with E-state index in [0.29, 0.717) is 17.3 Å². The number of carbonyl (C=O) groups is 1. The van der Waals surface area contributed by atoms with Crippen LogP contribution in [0.5, 0.6) is 0 Å². The molecule has 0 unspecified atom stereocenters. The van der Waals surface area contributed by atoms with Gasteiger partial charge in [0.2, 0.25) is 0 Å². The van der Waals surface area contributed by atoms with Crippen molar-refractivity contribution in [3.63, 3.8) is 0 Å². The minimum atomic E-state index is -4.43. The molecule has 2 rings (SSSR count). The molecule has 0 aliphatic rings. The highest BCUT2D eigenvalue weighted by Crippen LogP contribution is 2.36. The van der Waals surface area contributed by atoms with Gasteiger partial charge in [0, 0.05) is 17.3 Å². The number of benzene rings is 1. The van der Waals surface area contributed by atoms with Crippen LogP contribution in [-0.4, -0.2) is 17.6 Å². The Balaban J connectivity index is 2.22. The quantitative estimate of drug-likeness (QED) is 0.846. The standard InChI is InChI=1S/C15H16F3NO2/c1-2-21-13(20)9-5-7-11-10-6-3-4-8-12(10)19-14(11)15(16,17)18/h3-4,6,8,19H,2,5,7,9H2,1H3. The zero-order valence-corrected chi connectivity index (χ0v) is 11.6. The Morgan fingerprint density at radius 3 is 2.67 bits per heavy atom. The third-order valence-corrected chi connectivity index (χ3v) is 3.21. The molecular weight excluding hydrogens is 283 g/mol. The number of fused-ring (bicyclic) bond motifs is 1. The molecule has 0 atom stereocenters. The number of H-pyrrole nitrogens is 1. The Labute approximate surface area is 120 Å². The molecule has 0 radical (unpaired) electrons. The molecule has 21 heavy (non-hydrogen) atoms. The second-order valence-corrected chi connectivity index (χ2v) is 4.68. The average Bonchev–Trinajstić information content (AvgIpc) is 2.78. The van der Waals surface area contributed by atoms with Crippen molar-refractivity contribution in [2.45, 2.75) is 32.4 Å². The number of esters is 1. The predicted octanol–water partition coefficient (Wildman–Crippen LogP) is 4.07. The summed E-state index contributed by atoms with van der Waals surface area (Å²) in [6, 6.07) is 6.65. The fourth-order valence-electron chi connectivity index (χ4n) is 2.34. The first-order chi connectivity index (χ1) is 9.93. The minimum absolute atomic E-state index is 0.116. The average molecular weight is 299 g/mol. The maximum Gasteiger partial charge on any atom is 0.431 e. The van der Waals surface area contributed by atoms with Crippen molar-refractivity contribution in [2.24, 2.45) is 0 Å². The predicted molar refractivity (Wildman–Crippen MR) is 72.9 cm³/mol. The number of alkyl halides is 3. The highest BCUT2D eigenvalue weighted by atomic mass is 19.4. The fourth-order valence-corrected chi connectivity index (χ4v) is 2.34. The molecule has 0 saturated carbocycles. The summed E-state index contributed by atoms with van der Waals surface area (Å²) in [4.78, 5) is 13.7. The smallest absolute Gasteiger partial charge is 0.431 e. The van der Waals surface area contributed by atoms with Crippen LogP contribution in [0.4, 0.5) is 13.2 Å². The normalized spacial score (nSPS) is 11.8. The van der Waals surface area contributed by atoms with Crippen LogP contribution in [0.1, 0.15) is 31.0 Å². The summed E-state index contributed by atoms with van der Waals surface area (Å²) in [6.07, 6.45) is -3.82.